The van der Waals surface area contributed by atoms with Gasteiger partial charge in [0.15, 0.2) is 0 Å². The van der Waals surface area contributed by atoms with Gasteiger partial charge in [-0.15, -0.1) is 24.8 Å². The highest BCUT2D eigenvalue weighted by Crippen LogP contribution is 2.30. The summed E-state index contributed by atoms with van der Waals surface area (Å²) in [5.74, 6) is 22.6. The fraction of sp³-hybridized carbons (Fsp3) is 0.174. The quantitative estimate of drug-likeness (QED) is 0.0838. The molecule has 0 unspecified atom stereocenters. The molecule has 0 aliphatic carbocycles. The minimum Gasteiger partial charge on any atom is -0.452 e. The van der Waals surface area contributed by atoms with Crippen LogP contribution in [-0.2, 0) is 18.9 Å². The topological polar surface area (TPSA) is 144 Å². The number of nitrogens with zero attached hydrogens (tertiary/aromatic N) is 6. The molecule has 8 bridgehead atoms. The first kappa shape index (κ1) is 45.2. The van der Waals surface area contributed by atoms with Crippen LogP contribution in [-0.4, -0.2) is 89.0 Å². The third kappa shape index (κ3) is 9.76. The predicted molar refractivity (Wildman–Crippen MR) is 243 cm³/mol. The third-order valence-electron chi connectivity index (χ3n) is 9.41. The van der Waals surface area contributed by atoms with Crippen molar-refractivity contribution in [1.82, 2.24) is 9.97 Å². The predicted octanol–water partition coefficient (Wildman–Crippen LogP) is 7.95. The number of carbonyl (C=O) groups excluding carboxylic acids is 4. The second-order valence-corrected chi connectivity index (χ2v) is 12.9. The summed E-state index contributed by atoms with van der Waals surface area (Å²) in [5, 5.41) is 3.24. The Kier molecular flexibility index (Phi) is 14.9. The summed E-state index contributed by atoms with van der Waals surface area (Å²) in [7, 11) is 5.10. The molecule has 7 rings (SSSR count). The van der Waals surface area contributed by atoms with E-state index in [0.717, 1.165) is 21.5 Å². The Labute approximate surface area is 368 Å². The van der Waals surface area contributed by atoms with Crippen LogP contribution < -0.4 is 19.6 Å². The van der Waals surface area contributed by atoms with E-state index in [9.17, 15) is 19.2 Å². The number of aromatic nitrogens is 2. The minimum absolute atomic E-state index is 0. The number of hydrogen-bond acceptors (Lipinski definition) is 10. The molecule has 6 aromatic rings. The van der Waals surface area contributed by atoms with Crippen LogP contribution in [0, 0.1) is 47.4 Å². The van der Waals surface area contributed by atoms with Gasteiger partial charge in [-0.2, -0.15) is 0 Å². The van der Waals surface area contributed by atoms with Gasteiger partial charge in [0.25, 0.3) is 0 Å². The number of rotatable bonds is 0. The zero-order valence-corrected chi connectivity index (χ0v) is 35.3. The first-order chi connectivity index (χ1) is 29.2. The lowest BCUT2D eigenvalue weighted by Gasteiger charge is -2.20. The largest absolute Gasteiger partial charge is 0.452 e. The van der Waals surface area contributed by atoms with E-state index in [0.29, 0.717) is 44.8 Å². The molecule has 0 fully saturated rings. The fourth-order valence-corrected chi connectivity index (χ4v) is 6.41. The standard InChI is InChI=1S/C46H34N6O8.2ClH/c1-57-43(53)49-21-9-5-6-10-22-50(44(54)58-2)37-19-15-33-26-34-16-20-38(30-42(34)48-41(33)29-37)52(46(56)60-4)24-12-8-7-11-23-51(45(55)59-3)36-18-14-32-25-31-13-17-35(49)27-39(31)47-40(32)28-36;;/h13-20,25-30H,21-24H2,1-4H3;2*1H. The molecule has 14 nitrogen and oxygen atoms in total. The summed E-state index contributed by atoms with van der Waals surface area (Å²) in [6.45, 7) is -0.245. The maximum Gasteiger partial charge on any atom is 0.414 e. The molecule has 1 aliphatic rings. The molecule has 1 aliphatic heterocycles. The van der Waals surface area contributed by atoms with Gasteiger partial charge in [-0.05, 0) is 84.3 Å². The average molecular weight is 872 g/mol. The molecule has 62 heavy (non-hydrogen) atoms. The Hall–Kier alpha value is -7.88. The number of ether oxygens (including phenoxy) is 4. The molecule has 0 saturated heterocycles. The molecule has 16 heteroatoms. The van der Waals surface area contributed by atoms with Crippen LogP contribution in [0.2, 0.25) is 0 Å². The van der Waals surface area contributed by atoms with E-state index in [1.54, 1.807) is 48.5 Å². The van der Waals surface area contributed by atoms with E-state index in [-0.39, 0.29) is 51.0 Å². The summed E-state index contributed by atoms with van der Waals surface area (Å²) < 4.78 is 20.2. The normalized spacial score (nSPS) is 12.5. The SMILES string of the molecule is COC(=O)N1CC#CC#CCN(C(=O)OC)c2ccc3cc4ccc(cc4nc3c2)N(C(=O)OC)CC#CC#CCN(C(=O)OC)c2ccc3cc4ccc1cc4nc3c2.Cl.Cl. The van der Waals surface area contributed by atoms with Gasteiger partial charge in [-0.3, -0.25) is 19.6 Å². The molecule has 0 radical (unpaired) electrons. The zero-order valence-electron chi connectivity index (χ0n) is 33.7. The van der Waals surface area contributed by atoms with Crippen molar-refractivity contribution in [3.63, 3.8) is 0 Å². The molecule has 4 amide bonds. The van der Waals surface area contributed by atoms with Crippen molar-refractivity contribution >= 4 is 116 Å². The van der Waals surface area contributed by atoms with E-state index in [4.69, 9.17) is 28.9 Å². The highest BCUT2D eigenvalue weighted by Gasteiger charge is 2.20. The van der Waals surface area contributed by atoms with Gasteiger partial charge in [0, 0.05) is 21.5 Å². The van der Waals surface area contributed by atoms with Crippen LogP contribution in [0.1, 0.15) is 0 Å². The number of carbonyl (C=O) groups is 4. The van der Waals surface area contributed by atoms with Crippen LogP contribution in [0.25, 0.3) is 43.6 Å². The molecule has 2 aromatic heterocycles. The molecular formula is C46H36Cl2N6O8. The Morgan fingerprint density at radius 3 is 0.839 bits per heavy atom. The first-order valence-electron chi connectivity index (χ1n) is 18.2. The number of pyridine rings is 2. The Balaban J connectivity index is 0.00000363. The van der Waals surface area contributed by atoms with Crippen molar-refractivity contribution in [1.29, 1.82) is 0 Å². The second-order valence-electron chi connectivity index (χ2n) is 12.9. The Morgan fingerprint density at radius 2 is 0.629 bits per heavy atom. The molecule has 312 valence electrons. The summed E-state index contributed by atoms with van der Waals surface area (Å²) in [6, 6.07) is 25.2. The Morgan fingerprint density at radius 1 is 0.403 bits per heavy atom. The lowest BCUT2D eigenvalue weighted by atomic mass is 10.1. The van der Waals surface area contributed by atoms with Gasteiger partial charge in [-0.1, -0.05) is 47.9 Å². The number of anilines is 4. The molecular weight excluding hydrogens is 835 g/mol. The van der Waals surface area contributed by atoms with Crippen LogP contribution in [0.4, 0.5) is 41.9 Å². The van der Waals surface area contributed by atoms with Crippen molar-refractivity contribution in [3.05, 3.63) is 84.9 Å². The first-order valence-corrected chi connectivity index (χ1v) is 18.2. The molecule has 0 saturated carbocycles. The third-order valence-corrected chi connectivity index (χ3v) is 9.41. The van der Waals surface area contributed by atoms with Crippen molar-refractivity contribution in [2.75, 3.05) is 74.2 Å². The van der Waals surface area contributed by atoms with E-state index < -0.39 is 24.4 Å². The maximum atomic E-state index is 12.9. The second kappa shape index (κ2) is 20.4. The lowest BCUT2D eigenvalue weighted by Crippen LogP contribution is -2.31. The van der Waals surface area contributed by atoms with Gasteiger partial charge in [-0.25, -0.2) is 29.1 Å². The molecule has 0 spiro atoms. The van der Waals surface area contributed by atoms with Gasteiger partial charge < -0.3 is 18.9 Å². The van der Waals surface area contributed by atoms with Crippen molar-refractivity contribution in [2.45, 2.75) is 0 Å². The highest BCUT2D eigenvalue weighted by atomic mass is 35.5. The van der Waals surface area contributed by atoms with Crippen LogP contribution >= 0.6 is 24.8 Å². The number of benzene rings is 4. The van der Waals surface area contributed by atoms with E-state index in [2.05, 4.69) is 47.4 Å². The van der Waals surface area contributed by atoms with Crippen LogP contribution in [0.5, 0.6) is 0 Å². The Bertz CT molecular complexity index is 2610. The van der Waals surface area contributed by atoms with Gasteiger partial charge in [0.05, 0.1) is 99.4 Å². The molecule has 4 aromatic carbocycles. The fourth-order valence-electron chi connectivity index (χ4n) is 6.41. The average Bonchev–Trinajstić information content (AvgIpc) is 3.27. The van der Waals surface area contributed by atoms with E-state index in [1.807, 2.05) is 36.4 Å². The molecule has 0 N–H and O–H groups in total. The number of halogens is 2. The number of methoxy groups -OCH3 is 4. The van der Waals surface area contributed by atoms with Crippen molar-refractivity contribution in [3.8, 4) is 47.4 Å². The van der Waals surface area contributed by atoms with Crippen molar-refractivity contribution < 1.29 is 38.1 Å². The van der Waals surface area contributed by atoms with Crippen molar-refractivity contribution in [2.24, 2.45) is 0 Å². The van der Waals surface area contributed by atoms with Gasteiger partial charge >= 0.3 is 24.4 Å². The summed E-state index contributed by atoms with van der Waals surface area (Å²) >= 11 is 0. The number of fused-ring (bicyclic) bond motifs is 4. The number of amides is 4. The van der Waals surface area contributed by atoms with Crippen LogP contribution in [0.3, 0.4) is 0 Å². The lowest BCUT2D eigenvalue weighted by molar-refractivity contribution is 0.178. The van der Waals surface area contributed by atoms with Gasteiger partial charge in [0.1, 0.15) is 0 Å². The highest BCUT2D eigenvalue weighted by molar-refractivity contribution is 6.01. The summed E-state index contributed by atoms with van der Waals surface area (Å²) in [5.41, 5.74) is 4.20. The smallest absolute Gasteiger partial charge is 0.414 e. The van der Waals surface area contributed by atoms with Crippen LogP contribution in [0.15, 0.2) is 84.9 Å². The summed E-state index contributed by atoms with van der Waals surface area (Å²) in [4.78, 5) is 66.8. The molecule has 0 atom stereocenters. The summed E-state index contributed by atoms with van der Waals surface area (Å²) in [6.07, 6.45) is -2.57. The maximum absolute atomic E-state index is 12.9. The minimum atomic E-state index is -0.642. The molecule has 3 heterocycles. The van der Waals surface area contributed by atoms with Gasteiger partial charge in [0.2, 0.25) is 0 Å². The zero-order chi connectivity index (χ0) is 42.2. The van der Waals surface area contributed by atoms with E-state index in [1.165, 1.54) is 48.0 Å². The monoisotopic (exact) mass is 870 g/mol. The van der Waals surface area contributed by atoms with E-state index >= 15 is 0 Å². The number of hydrogen-bond donors (Lipinski definition) is 0.